The summed E-state index contributed by atoms with van der Waals surface area (Å²) < 4.78 is 6.57. The van der Waals surface area contributed by atoms with Crippen molar-refractivity contribution in [1.29, 1.82) is 0 Å². The number of aromatic amines is 1. The van der Waals surface area contributed by atoms with Crippen molar-refractivity contribution in [1.82, 2.24) is 4.98 Å². The van der Waals surface area contributed by atoms with E-state index in [0.29, 0.717) is 11.8 Å². The third-order valence-electron chi connectivity index (χ3n) is 6.12. The maximum atomic E-state index is 12.6. The molecule has 4 heteroatoms. The summed E-state index contributed by atoms with van der Waals surface area (Å²) >= 11 is 1.48. The van der Waals surface area contributed by atoms with Gasteiger partial charge in [-0.15, -0.1) is 11.3 Å². The van der Waals surface area contributed by atoms with Crippen LogP contribution in [0.3, 0.4) is 0 Å². The van der Waals surface area contributed by atoms with E-state index in [1.165, 1.54) is 29.7 Å². The Morgan fingerprint density at radius 2 is 1.87 bits per heavy atom. The van der Waals surface area contributed by atoms with Gasteiger partial charge in [-0.3, -0.25) is 4.79 Å². The van der Waals surface area contributed by atoms with Gasteiger partial charge in [0, 0.05) is 16.3 Å². The number of hydrogen-bond acceptors (Lipinski definition) is 3. The van der Waals surface area contributed by atoms with Crippen molar-refractivity contribution < 1.29 is 4.74 Å². The Hall–Kier alpha value is -2.59. The Bertz CT molecular complexity index is 1250. The van der Waals surface area contributed by atoms with Gasteiger partial charge >= 0.3 is 0 Å². The number of pyridine rings is 1. The van der Waals surface area contributed by atoms with Crippen molar-refractivity contribution >= 4 is 32.3 Å². The Morgan fingerprint density at radius 1 is 1.13 bits per heavy atom. The van der Waals surface area contributed by atoms with Crippen molar-refractivity contribution in [3.8, 4) is 16.9 Å². The van der Waals surface area contributed by atoms with Crippen LogP contribution in [0.1, 0.15) is 50.7 Å². The van der Waals surface area contributed by atoms with Crippen LogP contribution in [0.15, 0.2) is 46.6 Å². The number of H-pyrrole nitrogens is 1. The zero-order chi connectivity index (χ0) is 21.4. The standard InChI is InChI=1S/C26H29NO2S/c1-6-7-19(15(2)3)17-8-10-18(11-9-17)22-21(29-5)14-16(4)24-23(22)20-12-13-30-25(20)26(28)27-24/h8-15,19H,6-7H2,1-5H3,(H,27,28). The van der Waals surface area contributed by atoms with Gasteiger partial charge in [-0.05, 0) is 59.4 Å². The van der Waals surface area contributed by atoms with Crippen molar-refractivity contribution in [3.63, 3.8) is 0 Å². The lowest BCUT2D eigenvalue weighted by molar-refractivity contribution is 0.416. The van der Waals surface area contributed by atoms with Crippen LogP contribution >= 0.6 is 11.3 Å². The van der Waals surface area contributed by atoms with Crippen LogP contribution in [-0.4, -0.2) is 12.1 Å². The van der Waals surface area contributed by atoms with Crippen LogP contribution in [0.2, 0.25) is 0 Å². The number of nitrogens with one attached hydrogen (secondary N) is 1. The van der Waals surface area contributed by atoms with Gasteiger partial charge in [-0.1, -0.05) is 51.5 Å². The molecule has 0 amide bonds. The van der Waals surface area contributed by atoms with E-state index < -0.39 is 0 Å². The molecule has 0 bridgehead atoms. The smallest absolute Gasteiger partial charge is 0.266 e. The molecule has 0 saturated heterocycles. The van der Waals surface area contributed by atoms with Crippen LogP contribution in [0.4, 0.5) is 0 Å². The molecule has 1 N–H and O–H groups in total. The zero-order valence-electron chi connectivity index (χ0n) is 18.3. The molecule has 0 aliphatic carbocycles. The van der Waals surface area contributed by atoms with E-state index in [1.54, 1.807) is 7.11 Å². The van der Waals surface area contributed by atoms with Crippen molar-refractivity contribution in [2.75, 3.05) is 7.11 Å². The number of ether oxygens (including phenoxy) is 1. The molecule has 4 aromatic rings. The van der Waals surface area contributed by atoms with Crippen LogP contribution in [0.5, 0.6) is 5.75 Å². The van der Waals surface area contributed by atoms with Gasteiger partial charge in [0.25, 0.3) is 5.56 Å². The van der Waals surface area contributed by atoms with Crippen molar-refractivity contribution in [2.24, 2.45) is 5.92 Å². The van der Waals surface area contributed by atoms with Crippen molar-refractivity contribution in [3.05, 3.63) is 63.3 Å². The minimum Gasteiger partial charge on any atom is -0.496 e. The monoisotopic (exact) mass is 419 g/mol. The minimum atomic E-state index is -0.0265. The topological polar surface area (TPSA) is 42.1 Å². The summed E-state index contributed by atoms with van der Waals surface area (Å²) in [5.74, 6) is 2.02. The van der Waals surface area contributed by atoms with E-state index in [1.807, 2.05) is 24.4 Å². The van der Waals surface area contributed by atoms with Crippen LogP contribution in [-0.2, 0) is 0 Å². The highest BCUT2D eigenvalue weighted by molar-refractivity contribution is 7.17. The summed E-state index contributed by atoms with van der Waals surface area (Å²) in [5.41, 5.74) is 5.41. The van der Waals surface area contributed by atoms with Gasteiger partial charge in [-0.2, -0.15) is 0 Å². The maximum Gasteiger partial charge on any atom is 0.266 e. The number of methoxy groups -OCH3 is 1. The van der Waals surface area contributed by atoms with Gasteiger partial charge in [-0.25, -0.2) is 0 Å². The number of aryl methyl sites for hydroxylation is 1. The van der Waals surface area contributed by atoms with Crippen molar-refractivity contribution in [2.45, 2.75) is 46.5 Å². The summed E-state index contributed by atoms with van der Waals surface area (Å²) in [6.07, 6.45) is 2.38. The molecule has 0 aliphatic rings. The largest absolute Gasteiger partial charge is 0.496 e. The highest BCUT2D eigenvalue weighted by Crippen LogP contribution is 2.42. The number of thiophene rings is 1. The molecule has 4 rings (SSSR count). The third-order valence-corrected chi connectivity index (χ3v) is 7.03. The SMILES string of the molecule is CCCC(c1ccc(-c2c(OC)cc(C)c3[nH]c(=O)c4sccc4c23)cc1)C(C)C. The summed E-state index contributed by atoms with van der Waals surface area (Å²) in [4.78, 5) is 15.7. The average Bonchev–Trinajstić information content (AvgIpc) is 3.23. The van der Waals surface area contributed by atoms with Gasteiger partial charge in [0.1, 0.15) is 10.4 Å². The molecular weight excluding hydrogens is 390 g/mol. The molecule has 0 saturated carbocycles. The molecule has 1 atom stereocenters. The summed E-state index contributed by atoms with van der Waals surface area (Å²) in [6, 6.07) is 13.0. The fraction of sp³-hybridized carbons (Fsp3) is 0.346. The quantitative estimate of drug-likeness (QED) is 0.357. The van der Waals surface area contributed by atoms with E-state index in [9.17, 15) is 4.79 Å². The van der Waals surface area contributed by atoms with Gasteiger partial charge in [0.15, 0.2) is 0 Å². The maximum absolute atomic E-state index is 12.6. The number of hydrogen-bond donors (Lipinski definition) is 1. The van der Waals surface area contributed by atoms with Crippen LogP contribution in [0.25, 0.3) is 32.1 Å². The van der Waals surface area contributed by atoms with Crippen LogP contribution < -0.4 is 10.3 Å². The van der Waals surface area contributed by atoms with Gasteiger partial charge in [0.2, 0.25) is 0 Å². The molecule has 0 radical (unpaired) electrons. The Labute approximate surface area is 181 Å². The highest BCUT2D eigenvalue weighted by Gasteiger charge is 2.19. The summed E-state index contributed by atoms with van der Waals surface area (Å²) in [5, 5.41) is 4.04. The predicted octanol–water partition coefficient (Wildman–Crippen LogP) is 7.27. The molecule has 0 spiro atoms. The Kier molecular flexibility index (Phi) is 5.70. The first kappa shape index (κ1) is 20.7. The molecule has 2 heterocycles. The van der Waals surface area contributed by atoms with E-state index in [0.717, 1.165) is 43.4 Å². The van der Waals surface area contributed by atoms with Crippen LogP contribution in [0, 0.1) is 12.8 Å². The normalized spacial score (nSPS) is 12.7. The molecule has 30 heavy (non-hydrogen) atoms. The predicted molar refractivity (Wildman–Crippen MR) is 129 cm³/mol. The first-order chi connectivity index (χ1) is 14.5. The lowest BCUT2D eigenvalue weighted by Gasteiger charge is -2.21. The van der Waals surface area contributed by atoms with E-state index >= 15 is 0 Å². The lowest BCUT2D eigenvalue weighted by atomic mass is 9.84. The van der Waals surface area contributed by atoms with E-state index in [-0.39, 0.29) is 5.56 Å². The Morgan fingerprint density at radius 3 is 2.50 bits per heavy atom. The number of rotatable bonds is 6. The molecule has 0 aliphatic heterocycles. The molecule has 156 valence electrons. The molecule has 1 unspecified atom stereocenters. The Balaban J connectivity index is 1.97. The molecule has 2 aromatic carbocycles. The van der Waals surface area contributed by atoms with Gasteiger partial charge < -0.3 is 9.72 Å². The first-order valence-corrected chi connectivity index (χ1v) is 11.5. The highest BCUT2D eigenvalue weighted by atomic mass is 32.1. The zero-order valence-corrected chi connectivity index (χ0v) is 19.2. The van der Waals surface area contributed by atoms with Gasteiger partial charge in [0.05, 0.1) is 12.6 Å². The van der Waals surface area contributed by atoms with E-state index in [4.69, 9.17) is 4.74 Å². The third kappa shape index (κ3) is 3.43. The first-order valence-electron chi connectivity index (χ1n) is 10.7. The second kappa shape index (κ2) is 8.27. The fourth-order valence-corrected chi connectivity index (χ4v) is 5.40. The second-order valence-electron chi connectivity index (χ2n) is 8.40. The average molecular weight is 420 g/mol. The summed E-state index contributed by atoms with van der Waals surface area (Å²) in [6.45, 7) is 8.87. The fourth-order valence-electron chi connectivity index (χ4n) is 4.61. The molecule has 0 fully saturated rings. The molecule has 3 nitrogen and oxygen atoms in total. The molecule has 2 aromatic heterocycles. The lowest BCUT2D eigenvalue weighted by Crippen LogP contribution is -2.07. The second-order valence-corrected chi connectivity index (χ2v) is 9.32. The van der Waals surface area contributed by atoms with E-state index in [2.05, 4.69) is 50.0 Å². The number of aromatic nitrogens is 1. The number of benzene rings is 2. The molecular formula is C26H29NO2S. The summed E-state index contributed by atoms with van der Waals surface area (Å²) in [7, 11) is 1.71. The minimum absolute atomic E-state index is 0.0265. The number of fused-ring (bicyclic) bond motifs is 3.